The van der Waals surface area contributed by atoms with Gasteiger partial charge in [0.05, 0.1) is 5.69 Å². The quantitative estimate of drug-likeness (QED) is 0.370. The second kappa shape index (κ2) is 5.76. The lowest BCUT2D eigenvalue weighted by atomic mass is 10.1. The van der Waals surface area contributed by atoms with Gasteiger partial charge in [0.1, 0.15) is 0 Å². The third-order valence-corrected chi connectivity index (χ3v) is 4.01. The summed E-state index contributed by atoms with van der Waals surface area (Å²) in [7, 11) is 0. The van der Waals surface area contributed by atoms with Crippen LogP contribution >= 0.6 is 11.8 Å². The predicted molar refractivity (Wildman–Crippen MR) is 77.0 cm³/mol. The summed E-state index contributed by atoms with van der Waals surface area (Å²) in [4.78, 5) is 11.3. The second-order valence-electron chi connectivity index (χ2n) is 4.86. The number of pyridine rings is 1. The molecule has 2 aromatic heterocycles. The van der Waals surface area contributed by atoms with Gasteiger partial charge < -0.3 is 5.21 Å². The van der Waals surface area contributed by atoms with E-state index in [1.807, 2.05) is 24.6 Å². The third kappa shape index (κ3) is 2.91. The number of hydrogen-bond acceptors (Lipinski definition) is 5. The van der Waals surface area contributed by atoms with E-state index in [9.17, 15) is 5.21 Å². The zero-order chi connectivity index (χ0) is 13.9. The van der Waals surface area contributed by atoms with Crippen LogP contribution in [0.3, 0.4) is 0 Å². The topological polar surface area (TPSA) is 56.0 Å². The van der Waals surface area contributed by atoms with Crippen LogP contribution in [0.1, 0.15) is 16.8 Å². The molecule has 3 heterocycles. The first-order valence-electron chi connectivity index (χ1n) is 6.53. The Labute approximate surface area is 122 Å². The highest BCUT2D eigenvalue weighted by Gasteiger charge is 2.18. The first-order valence-corrected chi connectivity index (χ1v) is 7.76. The molecular weight excluding hydrogens is 272 g/mol. The zero-order valence-corrected chi connectivity index (χ0v) is 12.1. The molecule has 0 fully saturated rings. The molecule has 2 aromatic rings. The van der Waals surface area contributed by atoms with Crippen molar-refractivity contribution in [3.63, 3.8) is 0 Å². The molecule has 0 aromatic carbocycles. The molecule has 3 rings (SSSR count). The van der Waals surface area contributed by atoms with Crippen molar-refractivity contribution in [2.75, 3.05) is 12.8 Å². The van der Waals surface area contributed by atoms with Crippen molar-refractivity contribution in [1.82, 2.24) is 14.9 Å². The Morgan fingerprint density at radius 3 is 2.95 bits per heavy atom. The summed E-state index contributed by atoms with van der Waals surface area (Å²) in [5.41, 5.74) is 3.54. The van der Waals surface area contributed by atoms with E-state index in [2.05, 4.69) is 14.9 Å². The maximum absolute atomic E-state index is 11.0. The van der Waals surface area contributed by atoms with Gasteiger partial charge in [-0.15, -0.1) is 0 Å². The van der Waals surface area contributed by atoms with Gasteiger partial charge in [0.25, 0.3) is 0 Å². The van der Waals surface area contributed by atoms with E-state index in [0.717, 1.165) is 41.5 Å². The molecule has 0 spiro atoms. The van der Waals surface area contributed by atoms with Crippen molar-refractivity contribution in [3.8, 4) is 0 Å². The maximum atomic E-state index is 11.0. The van der Waals surface area contributed by atoms with Gasteiger partial charge in [-0.25, -0.2) is 9.97 Å². The first kappa shape index (κ1) is 13.3. The van der Waals surface area contributed by atoms with E-state index in [4.69, 9.17) is 0 Å². The number of fused-ring (bicyclic) bond motifs is 1. The monoisotopic (exact) mass is 288 g/mol. The fourth-order valence-electron chi connectivity index (χ4n) is 2.40. The molecule has 1 aliphatic rings. The van der Waals surface area contributed by atoms with Crippen molar-refractivity contribution in [2.45, 2.75) is 24.7 Å². The molecule has 0 unspecified atom stereocenters. The highest BCUT2D eigenvalue weighted by atomic mass is 32.2. The van der Waals surface area contributed by atoms with E-state index in [1.54, 1.807) is 24.2 Å². The smallest absolute Gasteiger partial charge is 0.187 e. The van der Waals surface area contributed by atoms with Crippen LogP contribution in [0.4, 0.5) is 0 Å². The fraction of sp³-hybridized carbons (Fsp3) is 0.357. The molecule has 0 amide bonds. The van der Waals surface area contributed by atoms with Crippen molar-refractivity contribution in [1.29, 1.82) is 0 Å². The van der Waals surface area contributed by atoms with Crippen LogP contribution < -0.4 is 4.73 Å². The number of nitrogens with zero attached hydrogens (tertiary/aromatic N) is 4. The van der Waals surface area contributed by atoms with Gasteiger partial charge in [-0.3, -0.25) is 4.90 Å². The van der Waals surface area contributed by atoms with Gasteiger partial charge in [0.15, 0.2) is 17.6 Å². The first-order chi connectivity index (χ1) is 9.74. The number of aromatic nitrogens is 3. The molecule has 104 valence electrons. The summed E-state index contributed by atoms with van der Waals surface area (Å²) in [6, 6.07) is 3.74. The Balaban J connectivity index is 1.70. The van der Waals surface area contributed by atoms with Crippen LogP contribution in [0.2, 0.25) is 0 Å². The number of rotatable bonds is 3. The van der Waals surface area contributed by atoms with Crippen molar-refractivity contribution in [2.24, 2.45) is 0 Å². The summed E-state index contributed by atoms with van der Waals surface area (Å²) in [5.74, 6) is 0. The minimum Gasteiger partial charge on any atom is -0.619 e. The lowest BCUT2D eigenvalue weighted by Crippen LogP contribution is -2.31. The molecule has 6 heteroatoms. The minimum absolute atomic E-state index is 0.812. The summed E-state index contributed by atoms with van der Waals surface area (Å²) < 4.78 is 0.812. The fourth-order valence-corrected chi connectivity index (χ4v) is 2.76. The molecule has 20 heavy (non-hydrogen) atoms. The average Bonchev–Trinajstić information content (AvgIpc) is 2.49. The third-order valence-electron chi connectivity index (χ3n) is 3.45. The lowest BCUT2D eigenvalue weighted by molar-refractivity contribution is -0.605. The molecule has 0 N–H and O–H groups in total. The second-order valence-corrected chi connectivity index (χ2v) is 5.63. The van der Waals surface area contributed by atoms with E-state index in [1.165, 1.54) is 11.3 Å². The van der Waals surface area contributed by atoms with Crippen LogP contribution in [0.25, 0.3) is 0 Å². The summed E-state index contributed by atoms with van der Waals surface area (Å²) >= 11 is 1.58. The van der Waals surface area contributed by atoms with Crippen LogP contribution in [0.15, 0.2) is 35.9 Å². The molecular formula is C14H16N4OS. The molecule has 0 aliphatic carbocycles. The Kier molecular flexibility index (Phi) is 3.84. The predicted octanol–water partition coefficient (Wildman–Crippen LogP) is 1.39. The van der Waals surface area contributed by atoms with Crippen LogP contribution in [-0.4, -0.2) is 27.7 Å². The molecule has 0 atom stereocenters. The zero-order valence-electron chi connectivity index (χ0n) is 11.3. The van der Waals surface area contributed by atoms with Crippen molar-refractivity contribution < 1.29 is 4.73 Å². The van der Waals surface area contributed by atoms with Crippen molar-refractivity contribution >= 4 is 11.8 Å². The molecule has 0 bridgehead atoms. The van der Waals surface area contributed by atoms with Gasteiger partial charge in [-0.1, -0.05) is 11.8 Å². The normalized spacial score (nSPS) is 15.1. The molecule has 0 radical (unpaired) electrons. The molecule has 0 saturated carbocycles. The summed E-state index contributed by atoms with van der Waals surface area (Å²) in [5, 5.41) is 11.9. The van der Waals surface area contributed by atoms with E-state index < -0.39 is 0 Å². The Bertz CT molecular complexity index is 603. The van der Waals surface area contributed by atoms with E-state index in [0.29, 0.717) is 0 Å². The van der Waals surface area contributed by atoms with Crippen LogP contribution in [0.5, 0.6) is 0 Å². The maximum Gasteiger partial charge on any atom is 0.187 e. The summed E-state index contributed by atoms with van der Waals surface area (Å²) in [6.45, 7) is 2.71. The van der Waals surface area contributed by atoms with Gasteiger partial charge in [-0.05, 0) is 11.8 Å². The average molecular weight is 288 g/mol. The largest absolute Gasteiger partial charge is 0.619 e. The Hall–Kier alpha value is -1.66. The van der Waals surface area contributed by atoms with Gasteiger partial charge >= 0.3 is 0 Å². The van der Waals surface area contributed by atoms with Gasteiger partial charge in [0, 0.05) is 49.9 Å². The van der Waals surface area contributed by atoms with Gasteiger partial charge in [0.2, 0.25) is 0 Å². The summed E-state index contributed by atoms with van der Waals surface area (Å²) in [6.07, 6.45) is 7.98. The molecule has 1 aliphatic heterocycles. The minimum atomic E-state index is 0.812. The molecule has 5 nitrogen and oxygen atoms in total. The Morgan fingerprint density at radius 2 is 2.20 bits per heavy atom. The standard InChI is InChI=1S/C14H16N4OS/c1-20-14-15-8-12-10-17(5-4-13(12)16-14)9-11-2-6-18(19)7-3-11/h2-3,6-8H,4-5,9-10H2,1H3. The van der Waals surface area contributed by atoms with Crippen LogP contribution in [-0.2, 0) is 19.5 Å². The Morgan fingerprint density at radius 1 is 1.40 bits per heavy atom. The SMILES string of the molecule is CSc1ncc2c(n1)CCN(Cc1cc[n+]([O-])cc1)C2. The van der Waals surface area contributed by atoms with E-state index >= 15 is 0 Å². The highest BCUT2D eigenvalue weighted by molar-refractivity contribution is 7.98. The highest BCUT2D eigenvalue weighted by Crippen LogP contribution is 2.20. The van der Waals surface area contributed by atoms with Crippen LogP contribution in [0, 0.1) is 5.21 Å². The van der Waals surface area contributed by atoms with Gasteiger partial charge in [-0.2, -0.15) is 4.73 Å². The van der Waals surface area contributed by atoms with E-state index in [-0.39, 0.29) is 0 Å². The van der Waals surface area contributed by atoms with Crippen molar-refractivity contribution in [3.05, 3.63) is 52.8 Å². The molecule has 0 saturated heterocycles. The lowest BCUT2D eigenvalue weighted by Gasteiger charge is -2.27. The number of thioether (sulfide) groups is 1. The number of hydrogen-bond donors (Lipinski definition) is 0.